The van der Waals surface area contributed by atoms with E-state index in [1.165, 1.54) is 11.8 Å². The van der Waals surface area contributed by atoms with Crippen LogP contribution in [0.1, 0.15) is 30.9 Å². The number of rotatable bonds is 3. The summed E-state index contributed by atoms with van der Waals surface area (Å²) in [5.74, 6) is 1.44. The van der Waals surface area contributed by atoms with E-state index in [4.69, 9.17) is 22.1 Å². The standard InChI is InChI=1S/C14H16ClN3O/c1-8(2)10-5-4-9(3)12(6-10)19-13-11(16)7-17-14(15)18-13/h4-8H,16H2,1-3H3. The van der Waals surface area contributed by atoms with Crippen molar-refractivity contribution in [1.82, 2.24) is 9.97 Å². The molecule has 19 heavy (non-hydrogen) atoms. The number of aromatic nitrogens is 2. The molecule has 0 bridgehead atoms. The van der Waals surface area contributed by atoms with Crippen LogP contribution in [0.25, 0.3) is 0 Å². The van der Waals surface area contributed by atoms with E-state index in [-0.39, 0.29) is 11.2 Å². The Morgan fingerprint density at radius 2 is 2.05 bits per heavy atom. The van der Waals surface area contributed by atoms with E-state index in [9.17, 15) is 0 Å². The van der Waals surface area contributed by atoms with Crippen LogP contribution < -0.4 is 10.5 Å². The first-order chi connectivity index (χ1) is 8.97. The number of ether oxygens (including phenoxy) is 1. The summed E-state index contributed by atoms with van der Waals surface area (Å²) in [5.41, 5.74) is 8.34. The van der Waals surface area contributed by atoms with Gasteiger partial charge in [0.2, 0.25) is 11.2 Å². The lowest BCUT2D eigenvalue weighted by Crippen LogP contribution is -1.99. The van der Waals surface area contributed by atoms with Crippen molar-refractivity contribution in [3.63, 3.8) is 0 Å². The summed E-state index contributed by atoms with van der Waals surface area (Å²) in [4.78, 5) is 7.79. The number of benzene rings is 1. The molecule has 1 aromatic heterocycles. The average Bonchev–Trinajstić information content (AvgIpc) is 2.36. The van der Waals surface area contributed by atoms with E-state index in [0.717, 1.165) is 11.3 Å². The van der Waals surface area contributed by atoms with Crippen LogP contribution in [0.2, 0.25) is 5.28 Å². The molecule has 5 heteroatoms. The molecule has 0 unspecified atom stereocenters. The number of hydrogen-bond acceptors (Lipinski definition) is 4. The fourth-order valence-corrected chi connectivity index (χ4v) is 1.75. The lowest BCUT2D eigenvalue weighted by Gasteiger charge is -2.12. The molecule has 1 heterocycles. The normalized spacial score (nSPS) is 10.8. The monoisotopic (exact) mass is 277 g/mol. The topological polar surface area (TPSA) is 61.0 Å². The molecular weight excluding hydrogens is 262 g/mol. The summed E-state index contributed by atoms with van der Waals surface area (Å²) in [6, 6.07) is 6.10. The Bertz CT molecular complexity index is 599. The molecule has 0 fully saturated rings. The summed E-state index contributed by atoms with van der Waals surface area (Å²) in [5, 5.41) is 0.113. The molecule has 0 aliphatic carbocycles. The van der Waals surface area contributed by atoms with E-state index < -0.39 is 0 Å². The number of nitrogen functional groups attached to an aromatic ring is 1. The van der Waals surface area contributed by atoms with Gasteiger partial charge in [0.1, 0.15) is 11.4 Å². The lowest BCUT2D eigenvalue weighted by atomic mass is 10.0. The van der Waals surface area contributed by atoms with Crippen molar-refractivity contribution in [2.24, 2.45) is 0 Å². The van der Waals surface area contributed by atoms with Crippen LogP contribution in [0.5, 0.6) is 11.6 Å². The maximum absolute atomic E-state index is 5.78. The van der Waals surface area contributed by atoms with Crippen LogP contribution in [-0.2, 0) is 0 Å². The van der Waals surface area contributed by atoms with Crippen molar-refractivity contribution in [2.75, 3.05) is 5.73 Å². The van der Waals surface area contributed by atoms with Crippen molar-refractivity contribution in [2.45, 2.75) is 26.7 Å². The summed E-state index contributed by atoms with van der Waals surface area (Å²) >= 11 is 5.75. The summed E-state index contributed by atoms with van der Waals surface area (Å²) in [6.07, 6.45) is 1.44. The van der Waals surface area contributed by atoms with Gasteiger partial charge in [-0.1, -0.05) is 26.0 Å². The first-order valence-corrected chi connectivity index (χ1v) is 6.41. The molecule has 0 saturated heterocycles. The predicted octanol–water partition coefficient (Wildman–Crippen LogP) is 3.94. The third kappa shape index (κ3) is 3.15. The lowest BCUT2D eigenvalue weighted by molar-refractivity contribution is 0.460. The molecule has 2 aromatic rings. The molecule has 0 radical (unpaired) electrons. The quantitative estimate of drug-likeness (QED) is 0.863. The molecule has 4 nitrogen and oxygen atoms in total. The zero-order chi connectivity index (χ0) is 14.0. The first kappa shape index (κ1) is 13.6. The van der Waals surface area contributed by atoms with Gasteiger partial charge < -0.3 is 10.5 Å². The van der Waals surface area contributed by atoms with Gasteiger partial charge in [-0.05, 0) is 41.6 Å². The Morgan fingerprint density at radius 3 is 2.74 bits per heavy atom. The van der Waals surface area contributed by atoms with E-state index in [1.807, 2.05) is 19.1 Å². The van der Waals surface area contributed by atoms with Gasteiger partial charge in [0.25, 0.3) is 0 Å². The fraction of sp³-hybridized carbons (Fsp3) is 0.286. The largest absolute Gasteiger partial charge is 0.437 e. The second-order valence-electron chi connectivity index (χ2n) is 4.68. The molecule has 100 valence electrons. The van der Waals surface area contributed by atoms with Crippen molar-refractivity contribution >= 4 is 17.3 Å². The highest BCUT2D eigenvalue weighted by molar-refractivity contribution is 6.28. The molecule has 0 aliphatic rings. The zero-order valence-corrected chi connectivity index (χ0v) is 11.9. The maximum atomic E-state index is 5.78. The molecule has 0 saturated carbocycles. The van der Waals surface area contributed by atoms with Gasteiger partial charge in [0, 0.05) is 0 Å². The second-order valence-corrected chi connectivity index (χ2v) is 5.02. The van der Waals surface area contributed by atoms with Gasteiger partial charge in [-0.25, -0.2) is 4.98 Å². The van der Waals surface area contributed by atoms with Gasteiger partial charge in [-0.15, -0.1) is 0 Å². The van der Waals surface area contributed by atoms with Crippen LogP contribution in [0.15, 0.2) is 24.4 Å². The van der Waals surface area contributed by atoms with Gasteiger partial charge in [0.05, 0.1) is 6.20 Å². The molecular formula is C14H16ClN3O. The minimum Gasteiger partial charge on any atom is -0.437 e. The predicted molar refractivity (Wildman–Crippen MR) is 76.8 cm³/mol. The highest BCUT2D eigenvalue weighted by atomic mass is 35.5. The van der Waals surface area contributed by atoms with Crippen LogP contribution in [0.3, 0.4) is 0 Å². The minimum absolute atomic E-state index is 0.113. The Morgan fingerprint density at radius 1 is 1.32 bits per heavy atom. The molecule has 0 atom stereocenters. The highest BCUT2D eigenvalue weighted by Crippen LogP contribution is 2.30. The molecule has 2 N–H and O–H groups in total. The first-order valence-electron chi connectivity index (χ1n) is 6.04. The Hall–Kier alpha value is -1.81. The summed E-state index contributed by atoms with van der Waals surface area (Å²) < 4.78 is 5.75. The van der Waals surface area contributed by atoms with Crippen LogP contribution in [0, 0.1) is 6.92 Å². The molecule has 2 rings (SSSR count). The van der Waals surface area contributed by atoms with E-state index >= 15 is 0 Å². The van der Waals surface area contributed by atoms with Crippen molar-refractivity contribution < 1.29 is 4.74 Å². The molecule has 0 spiro atoms. The third-order valence-electron chi connectivity index (χ3n) is 2.84. The third-order valence-corrected chi connectivity index (χ3v) is 3.02. The van der Waals surface area contributed by atoms with Crippen molar-refractivity contribution in [1.29, 1.82) is 0 Å². The Labute approximate surface area is 117 Å². The number of anilines is 1. The van der Waals surface area contributed by atoms with E-state index in [1.54, 1.807) is 0 Å². The SMILES string of the molecule is Cc1ccc(C(C)C)cc1Oc1nc(Cl)ncc1N. The number of hydrogen-bond donors (Lipinski definition) is 1. The number of nitrogens with zero attached hydrogens (tertiary/aromatic N) is 2. The fourth-order valence-electron chi connectivity index (χ4n) is 1.63. The second kappa shape index (κ2) is 5.45. The van der Waals surface area contributed by atoms with Gasteiger partial charge in [0.15, 0.2) is 0 Å². The summed E-state index contributed by atoms with van der Waals surface area (Å²) in [6.45, 7) is 6.23. The van der Waals surface area contributed by atoms with E-state index in [2.05, 4.69) is 29.9 Å². The number of aryl methyl sites for hydroxylation is 1. The molecule has 0 amide bonds. The van der Waals surface area contributed by atoms with E-state index in [0.29, 0.717) is 11.6 Å². The molecule has 0 aliphatic heterocycles. The maximum Gasteiger partial charge on any atom is 0.247 e. The van der Waals surface area contributed by atoms with Crippen molar-refractivity contribution in [3.8, 4) is 11.6 Å². The zero-order valence-electron chi connectivity index (χ0n) is 11.1. The highest BCUT2D eigenvalue weighted by Gasteiger charge is 2.10. The van der Waals surface area contributed by atoms with Gasteiger partial charge in [-0.2, -0.15) is 4.98 Å². The van der Waals surface area contributed by atoms with Gasteiger partial charge >= 0.3 is 0 Å². The summed E-state index contributed by atoms with van der Waals surface area (Å²) in [7, 11) is 0. The number of halogens is 1. The van der Waals surface area contributed by atoms with Crippen molar-refractivity contribution in [3.05, 3.63) is 40.8 Å². The van der Waals surface area contributed by atoms with Crippen LogP contribution in [-0.4, -0.2) is 9.97 Å². The van der Waals surface area contributed by atoms with Gasteiger partial charge in [-0.3, -0.25) is 0 Å². The minimum atomic E-state index is 0.113. The average molecular weight is 278 g/mol. The smallest absolute Gasteiger partial charge is 0.247 e. The van der Waals surface area contributed by atoms with Crippen LogP contribution in [0.4, 0.5) is 5.69 Å². The number of nitrogens with two attached hydrogens (primary N) is 1. The molecule has 1 aromatic carbocycles. The Balaban J connectivity index is 2.37. The van der Waals surface area contributed by atoms with Crippen LogP contribution >= 0.6 is 11.6 Å². The Kier molecular flexibility index (Phi) is 3.90.